The van der Waals surface area contributed by atoms with E-state index in [1.54, 1.807) is 0 Å². The van der Waals surface area contributed by atoms with Crippen LogP contribution in [0.2, 0.25) is 0 Å². The summed E-state index contributed by atoms with van der Waals surface area (Å²) in [6, 6.07) is 19.5. The van der Waals surface area contributed by atoms with Gasteiger partial charge in [0, 0.05) is 25.4 Å². The van der Waals surface area contributed by atoms with Gasteiger partial charge in [-0.3, -0.25) is 4.99 Å². The topological polar surface area (TPSA) is 24.4 Å². The van der Waals surface area contributed by atoms with E-state index >= 15 is 0 Å². The minimum atomic E-state index is 0.364. The molecule has 0 fully saturated rings. The van der Waals surface area contributed by atoms with Crippen LogP contribution in [0.1, 0.15) is 48.3 Å². The first-order chi connectivity index (χ1) is 11.3. The lowest BCUT2D eigenvalue weighted by Gasteiger charge is -2.21. The molecule has 0 amide bonds. The number of aliphatic imine (C=N–C) groups is 1. The second-order valence-corrected chi connectivity index (χ2v) is 6.34. The van der Waals surface area contributed by atoms with Crippen LogP contribution in [0.15, 0.2) is 59.6 Å². The van der Waals surface area contributed by atoms with E-state index in [2.05, 4.69) is 66.8 Å². The van der Waals surface area contributed by atoms with E-state index in [9.17, 15) is 0 Å². The summed E-state index contributed by atoms with van der Waals surface area (Å²) in [7, 11) is 0. The highest BCUT2D eigenvalue weighted by atomic mass is 15.0. The number of benzene rings is 2. The Kier molecular flexibility index (Phi) is 5.46. The second kappa shape index (κ2) is 7.96. The molecular formula is C21H26N2. The summed E-state index contributed by atoms with van der Waals surface area (Å²) >= 11 is 0. The largest absolute Gasteiger partial charge is 0.373 e. The number of rotatable bonds is 4. The molecule has 2 aromatic rings. The molecule has 0 radical (unpaired) electrons. The molecule has 1 aliphatic heterocycles. The zero-order chi connectivity index (χ0) is 15.9. The van der Waals surface area contributed by atoms with Gasteiger partial charge < -0.3 is 5.32 Å². The monoisotopic (exact) mass is 306 g/mol. The molecule has 0 saturated heterocycles. The summed E-state index contributed by atoms with van der Waals surface area (Å²) in [5, 5.41) is 3.64. The number of nitrogens with zero attached hydrogens (tertiary/aromatic N) is 1. The highest BCUT2D eigenvalue weighted by molar-refractivity contribution is 5.82. The number of amidine groups is 1. The number of hydrogen-bond acceptors (Lipinski definition) is 2. The maximum atomic E-state index is 4.71. The van der Waals surface area contributed by atoms with Crippen LogP contribution in [0.3, 0.4) is 0 Å². The highest BCUT2D eigenvalue weighted by Crippen LogP contribution is 2.26. The highest BCUT2D eigenvalue weighted by Gasteiger charge is 2.16. The molecule has 2 heteroatoms. The predicted molar refractivity (Wildman–Crippen MR) is 98.2 cm³/mol. The van der Waals surface area contributed by atoms with E-state index in [0.717, 1.165) is 19.5 Å². The van der Waals surface area contributed by atoms with Crippen molar-refractivity contribution in [1.29, 1.82) is 0 Å². The first-order valence-corrected chi connectivity index (χ1v) is 8.72. The molecule has 120 valence electrons. The van der Waals surface area contributed by atoms with Crippen molar-refractivity contribution < 1.29 is 0 Å². The average Bonchev–Trinajstić information content (AvgIpc) is 2.86. The van der Waals surface area contributed by atoms with E-state index in [1.165, 1.54) is 41.8 Å². The molecule has 1 heterocycles. The fourth-order valence-corrected chi connectivity index (χ4v) is 3.31. The third kappa shape index (κ3) is 4.22. The quantitative estimate of drug-likeness (QED) is 0.870. The van der Waals surface area contributed by atoms with Crippen molar-refractivity contribution in [3.63, 3.8) is 0 Å². The van der Waals surface area contributed by atoms with Gasteiger partial charge in [-0.15, -0.1) is 0 Å². The molecule has 0 spiro atoms. The van der Waals surface area contributed by atoms with Gasteiger partial charge in [0.05, 0.1) is 5.84 Å². The molecule has 0 aromatic heterocycles. The Hall–Kier alpha value is -2.09. The smallest absolute Gasteiger partial charge is 0.0963 e. The molecular weight excluding hydrogens is 280 g/mol. The van der Waals surface area contributed by atoms with E-state index < -0.39 is 0 Å². The lowest BCUT2D eigenvalue weighted by atomic mass is 9.88. The number of aryl methyl sites for hydroxylation is 1. The van der Waals surface area contributed by atoms with Crippen LogP contribution in [0.5, 0.6) is 0 Å². The van der Waals surface area contributed by atoms with Crippen molar-refractivity contribution in [2.24, 2.45) is 4.99 Å². The van der Waals surface area contributed by atoms with Crippen LogP contribution >= 0.6 is 0 Å². The average molecular weight is 306 g/mol. The normalized spacial score (nSPS) is 16.3. The Morgan fingerprint density at radius 3 is 2.57 bits per heavy atom. The molecule has 2 aromatic carbocycles. The van der Waals surface area contributed by atoms with Gasteiger partial charge in [0.25, 0.3) is 0 Å². The SMILES string of the molecule is Cc1ccccc1C(CNC1=NCCCCC1)c1ccccc1. The van der Waals surface area contributed by atoms with Crippen LogP contribution in [0.4, 0.5) is 0 Å². The second-order valence-electron chi connectivity index (χ2n) is 6.34. The lowest BCUT2D eigenvalue weighted by Crippen LogP contribution is -2.29. The minimum absolute atomic E-state index is 0.364. The first kappa shape index (κ1) is 15.8. The van der Waals surface area contributed by atoms with Crippen molar-refractivity contribution in [3.8, 4) is 0 Å². The zero-order valence-electron chi connectivity index (χ0n) is 14.0. The van der Waals surface area contributed by atoms with Crippen molar-refractivity contribution in [2.45, 2.75) is 38.5 Å². The van der Waals surface area contributed by atoms with Crippen molar-refractivity contribution in [1.82, 2.24) is 5.32 Å². The molecule has 2 nitrogen and oxygen atoms in total. The Labute approximate surface area is 139 Å². The summed E-state index contributed by atoms with van der Waals surface area (Å²) < 4.78 is 0. The first-order valence-electron chi connectivity index (χ1n) is 8.72. The van der Waals surface area contributed by atoms with Gasteiger partial charge >= 0.3 is 0 Å². The van der Waals surface area contributed by atoms with Crippen LogP contribution in [0.25, 0.3) is 0 Å². The van der Waals surface area contributed by atoms with Crippen molar-refractivity contribution in [3.05, 3.63) is 71.3 Å². The summed E-state index contributed by atoms with van der Waals surface area (Å²) in [5.41, 5.74) is 4.12. The van der Waals surface area contributed by atoms with Crippen molar-refractivity contribution in [2.75, 3.05) is 13.1 Å². The maximum Gasteiger partial charge on any atom is 0.0963 e. The molecule has 1 unspecified atom stereocenters. The zero-order valence-corrected chi connectivity index (χ0v) is 14.0. The fraction of sp³-hybridized carbons (Fsp3) is 0.381. The predicted octanol–water partition coefficient (Wildman–Crippen LogP) is 4.69. The van der Waals surface area contributed by atoms with Gasteiger partial charge in [-0.05, 0) is 36.5 Å². The van der Waals surface area contributed by atoms with Gasteiger partial charge in [-0.1, -0.05) is 61.0 Å². The van der Waals surface area contributed by atoms with Crippen LogP contribution in [-0.2, 0) is 0 Å². The minimum Gasteiger partial charge on any atom is -0.373 e. The van der Waals surface area contributed by atoms with E-state index in [0.29, 0.717) is 5.92 Å². The number of hydrogen-bond donors (Lipinski definition) is 1. The molecule has 23 heavy (non-hydrogen) atoms. The summed E-state index contributed by atoms with van der Waals surface area (Å²) in [6.07, 6.45) is 4.88. The fourth-order valence-electron chi connectivity index (χ4n) is 3.31. The van der Waals surface area contributed by atoms with E-state index in [-0.39, 0.29) is 0 Å². The third-order valence-corrected chi connectivity index (χ3v) is 4.65. The Morgan fingerprint density at radius 2 is 1.74 bits per heavy atom. The van der Waals surface area contributed by atoms with E-state index in [4.69, 9.17) is 4.99 Å². The molecule has 0 saturated carbocycles. The maximum absolute atomic E-state index is 4.71. The molecule has 1 atom stereocenters. The van der Waals surface area contributed by atoms with Crippen LogP contribution in [0, 0.1) is 6.92 Å². The number of nitrogens with one attached hydrogen (secondary N) is 1. The standard InChI is InChI=1S/C21H26N2/c1-17-10-7-8-13-19(17)20(18-11-4-2-5-12-18)16-23-21-14-6-3-9-15-22-21/h2,4-5,7-8,10-13,20H,3,6,9,14-16H2,1H3,(H,22,23). The van der Waals surface area contributed by atoms with Gasteiger partial charge in [0.1, 0.15) is 0 Å². The molecule has 0 aliphatic carbocycles. The third-order valence-electron chi connectivity index (χ3n) is 4.65. The summed E-state index contributed by atoms with van der Waals surface area (Å²) in [5.74, 6) is 1.56. The Morgan fingerprint density at radius 1 is 0.957 bits per heavy atom. The van der Waals surface area contributed by atoms with Gasteiger partial charge in [0.15, 0.2) is 0 Å². The molecule has 1 aliphatic rings. The molecule has 0 bridgehead atoms. The Balaban J connectivity index is 1.81. The Bertz CT molecular complexity index is 646. The van der Waals surface area contributed by atoms with E-state index in [1.807, 2.05) is 0 Å². The van der Waals surface area contributed by atoms with Crippen molar-refractivity contribution >= 4 is 5.84 Å². The van der Waals surface area contributed by atoms with Crippen LogP contribution in [-0.4, -0.2) is 18.9 Å². The van der Waals surface area contributed by atoms with Crippen LogP contribution < -0.4 is 5.32 Å². The summed E-state index contributed by atoms with van der Waals surface area (Å²) in [4.78, 5) is 4.71. The summed E-state index contributed by atoms with van der Waals surface area (Å²) in [6.45, 7) is 4.09. The molecule has 3 rings (SSSR count). The lowest BCUT2D eigenvalue weighted by molar-refractivity contribution is 0.719. The molecule has 1 N–H and O–H groups in total. The van der Waals surface area contributed by atoms with Gasteiger partial charge in [-0.25, -0.2) is 0 Å². The van der Waals surface area contributed by atoms with Gasteiger partial charge in [0.2, 0.25) is 0 Å². The van der Waals surface area contributed by atoms with Gasteiger partial charge in [-0.2, -0.15) is 0 Å².